The second-order valence-corrected chi connectivity index (χ2v) is 3.83. The first-order valence-corrected chi connectivity index (χ1v) is 4.91. The van der Waals surface area contributed by atoms with E-state index in [1.165, 1.54) is 0 Å². The van der Waals surface area contributed by atoms with Gasteiger partial charge in [0.25, 0.3) is 0 Å². The molecule has 1 aromatic rings. The summed E-state index contributed by atoms with van der Waals surface area (Å²) >= 11 is 0. The number of likely N-dealkylation sites (N-methyl/N-ethyl adjacent to an activating group) is 1. The monoisotopic (exact) mass is 193 g/mol. The van der Waals surface area contributed by atoms with Gasteiger partial charge in [-0.1, -0.05) is 0 Å². The summed E-state index contributed by atoms with van der Waals surface area (Å²) in [6.07, 6.45) is 4.05. The Hall–Kier alpha value is -1.00. The molecule has 0 spiro atoms. The van der Waals surface area contributed by atoms with Crippen LogP contribution in [0.15, 0.2) is 18.5 Å². The van der Waals surface area contributed by atoms with E-state index in [2.05, 4.69) is 14.9 Å². The summed E-state index contributed by atoms with van der Waals surface area (Å²) in [6.45, 7) is 1.71. The van der Waals surface area contributed by atoms with Gasteiger partial charge in [-0.05, 0) is 26.1 Å². The van der Waals surface area contributed by atoms with Crippen molar-refractivity contribution in [3.05, 3.63) is 24.3 Å². The second kappa shape index (κ2) is 4.02. The van der Waals surface area contributed by atoms with Crippen molar-refractivity contribution >= 4 is 0 Å². The first kappa shape index (κ1) is 9.55. The molecule has 0 amide bonds. The fourth-order valence-electron chi connectivity index (χ4n) is 1.89. The molecule has 1 N–H and O–H groups in total. The van der Waals surface area contributed by atoms with Crippen LogP contribution in [-0.2, 0) is 0 Å². The van der Waals surface area contributed by atoms with Gasteiger partial charge in [0.15, 0.2) is 0 Å². The topological polar surface area (TPSA) is 49.2 Å². The van der Waals surface area contributed by atoms with Crippen LogP contribution in [0.25, 0.3) is 0 Å². The summed E-state index contributed by atoms with van der Waals surface area (Å²) in [7, 11) is 2.02. The molecule has 2 unspecified atom stereocenters. The molecule has 1 aliphatic heterocycles. The van der Waals surface area contributed by atoms with E-state index in [0.717, 1.165) is 18.8 Å². The highest BCUT2D eigenvalue weighted by Crippen LogP contribution is 2.24. The Morgan fingerprint density at radius 3 is 2.79 bits per heavy atom. The molecule has 0 aliphatic carbocycles. The van der Waals surface area contributed by atoms with Crippen molar-refractivity contribution in [2.24, 2.45) is 0 Å². The van der Waals surface area contributed by atoms with Gasteiger partial charge in [0.2, 0.25) is 0 Å². The smallest absolute Gasteiger partial charge is 0.133 e. The summed E-state index contributed by atoms with van der Waals surface area (Å²) in [5, 5.41) is 9.87. The van der Waals surface area contributed by atoms with Gasteiger partial charge < -0.3 is 10.0 Å². The highest BCUT2D eigenvalue weighted by atomic mass is 16.3. The number of likely N-dealkylation sites (tertiary alicyclic amines) is 1. The molecule has 1 aromatic heterocycles. The zero-order valence-corrected chi connectivity index (χ0v) is 8.30. The minimum absolute atomic E-state index is 0.104. The molecule has 0 saturated carbocycles. The molecule has 0 aromatic carbocycles. The van der Waals surface area contributed by atoms with Crippen molar-refractivity contribution in [1.29, 1.82) is 0 Å². The Labute approximate surface area is 83.6 Å². The van der Waals surface area contributed by atoms with Crippen LogP contribution in [0.5, 0.6) is 0 Å². The Balaban J connectivity index is 2.12. The van der Waals surface area contributed by atoms with Gasteiger partial charge >= 0.3 is 0 Å². The number of hydrogen-bond acceptors (Lipinski definition) is 4. The van der Waals surface area contributed by atoms with Gasteiger partial charge in [0.1, 0.15) is 5.82 Å². The van der Waals surface area contributed by atoms with Gasteiger partial charge in [0.05, 0.1) is 6.10 Å². The number of aliphatic hydroxyl groups excluding tert-OH is 1. The molecule has 1 fully saturated rings. The third kappa shape index (κ3) is 1.91. The summed E-state index contributed by atoms with van der Waals surface area (Å²) < 4.78 is 0. The van der Waals surface area contributed by atoms with Gasteiger partial charge in [0, 0.05) is 24.9 Å². The van der Waals surface area contributed by atoms with Crippen molar-refractivity contribution < 1.29 is 5.11 Å². The van der Waals surface area contributed by atoms with E-state index in [4.69, 9.17) is 0 Å². The molecule has 0 radical (unpaired) electrons. The van der Waals surface area contributed by atoms with Crippen molar-refractivity contribution in [3.8, 4) is 0 Å². The van der Waals surface area contributed by atoms with E-state index in [9.17, 15) is 5.11 Å². The fourth-order valence-corrected chi connectivity index (χ4v) is 1.89. The number of rotatable bonds is 1. The van der Waals surface area contributed by atoms with Gasteiger partial charge in [-0.2, -0.15) is 0 Å². The Morgan fingerprint density at radius 1 is 1.43 bits per heavy atom. The van der Waals surface area contributed by atoms with E-state index in [1.807, 2.05) is 7.05 Å². The number of aliphatic hydroxyl groups is 1. The number of aromatic nitrogens is 2. The molecule has 1 aliphatic rings. The molecule has 4 heteroatoms. The van der Waals surface area contributed by atoms with Crippen molar-refractivity contribution in [3.63, 3.8) is 0 Å². The molecule has 0 bridgehead atoms. The summed E-state index contributed by atoms with van der Waals surface area (Å²) in [5.74, 6) is 0.875. The Bertz CT molecular complexity index is 291. The van der Waals surface area contributed by atoms with Crippen molar-refractivity contribution in [1.82, 2.24) is 14.9 Å². The zero-order chi connectivity index (χ0) is 9.97. The number of piperidine rings is 1. The standard InChI is InChI=1S/C10H15N3O/c1-13-6-3-8(9(14)7-13)10-11-4-2-5-12-10/h2,4-5,8-9,14H,3,6-7H2,1H3. The highest BCUT2D eigenvalue weighted by molar-refractivity contribution is 5.02. The first-order chi connectivity index (χ1) is 6.77. The maximum absolute atomic E-state index is 9.87. The maximum Gasteiger partial charge on any atom is 0.133 e. The SMILES string of the molecule is CN1CCC(c2ncccn2)C(O)C1. The fraction of sp³-hybridized carbons (Fsp3) is 0.600. The van der Waals surface area contributed by atoms with Gasteiger partial charge in [-0.15, -0.1) is 0 Å². The molecule has 2 heterocycles. The molecule has 1 saturated heterocycles. The van der Waals surface area contributed by atoms with E-state index < -0.39 is 0 Å². The molecule has 4 nitrogen and oxygen atoms in total. The van der Waals surface area contributed by atoms with Crippen LogP contribution in [-0.4, -0.2) is 46.2 Å². The lowest BCUT2D eigenvalue weighted by atomic mass is 9.93. The Morgan fingerprint density at radius 2 is 2.14 bits per heavy atom. The van der Waals surface area contributed by atoms with E-state index in [-0.39, 0.29) is 12.0 Å². The largest absolute Gasteiger partial charge is 0.391 e. The predicted molar refractivity (Wildman–Crippen MR) is 52.9 cm³/mol. The van der Waals surface area contributed by atoms with Crippen LogP contribution in [0.1, 0.15) is 18.2 Å². The highest BCUT2D eigenvalue weighted by Gasteiger charge is 2.28. The van der Waals surface area contributed by atoms with Crippen molar-refractivity contribution in [2.45, 2.75) is 18.4 Å². The van der Waals surface area contributed by atoms with Crippen LogP contribution in [0.2, 0.25) is 0 Å². The lowest BCUT2D eigenvalue weighted by molar-refractivity contribution is 0.0609. The van der Waals surface area contributed by atoms with E-state index in [1.54, 1.807) is 18.5 Å². The molecule has 2 atom stereocenters. The lowest BCUT2D eigenvalue weighted by Crippen LogP contribution is -2.41. The Kier molecular flexibility index (Phi) is 2.74. The average Bonchev–Trinajstić information content (AvgIpc) is 2.19. The van der Waals surface area contributed by atoms with Crippen LogP contribution >= 0.6 is 0 Å². The van der Waals surface area contributed by atoms with Crippen LogP contribution in [0, 0.1) is 0 Å². The molecule has 14 heavy (non-hydrogen) atoms. The molecule has 2 rings (SSSR count). The molecule has 76 valence electrons. The quantitative estimate of drug-likeness (QED) is 0.695. The third-order valence-electron chi connectivity index (χ3n) is 2.70. The maximum atomic E-state index is 9.87. The lowest BCUT2D eigenvalue weighted by Gasteiger charge is -2.32. The van der Waals surface area contributed by atoms with Gasteiger partial charge in [-0.25, -0.2) is 9.97 Å². The minimum atomic E-state index is -0.337. The minimum Gasteiger partial charge on any atom is -0.391 e. The first-order valence-electron chi connectivity index (χ1n) is 4.91. The molecular formula is C10H15N3O. The number of β-amino-alcohol motifs (C(OH)–C–C–N with tert-alkyl or cyclic N) is 1. The summed E-state index contributed by atoms with van der Waals surface area (Å²) in [5.41, 5.74) is 0. The van der Waals surface area contributed by atoms with Crippen LogP contribution < -0.4 is 0 Å². The van der Waals surface area contributed by atoms with Gasteiger partial charge in [-0.3, -0.25) is 0 Å². The van der Waals surface area contributed by atoms with E-state index >= 15 is 0 Å². The van der Waals surface area contributed by atoms with Crippen molar-refractivity contribution in [2.75, 3.05) is 20.1 Å². The summed E-state index contributed by atoms with van der Waals surface area (Å²) in [4.78, 5) is 10.5. The molecular weight excluding hydrogens is 178 g/mol. The second-order valence-electron chi connectivity index (χ2n) is 3.83. The van der Waals surface area contributed by atoms with E-state index in [0.29, 0.717) is 6.54 Å². The average molecular weight is 193 g/mol. The zero-order valence-electron chi connectivity index (χ0n) is 8.30. The third-order valence-corrected chi connectivity index (χ3v) is 2.70. The van der Waals surface area contributed by atoms with Crippen LogP contribution in [0.3, 0.4) is 0 Å². The number of hydrogen-bond donors (Lipinski definition) is 1. The normalized spacial score (nSPS) is 29.0. The summed E-state index contributed by atoms with van der Waals surface area (Å²) in [6, 6.07) is 1.80. The van der Waals surface area contributed by atoms with Crippen LogP contribution in [0.4, 0.5) is 0 Å². The number of nitrogens with zero attached hydrogens (tertiary/aromatic N) is 3. The predicted octanol–water partition coefficient (Wildman–Crippen LogP) is 0.257.